The summed E-state index contributed by atoms with van der Waals surface area (Å²) >= 11 is 0. The fourth-order valence-electron chi connectivity index (χ4n) is 2.98. The maximum Gasteiger partial charge on any atom is 0.270 e. The molecule has 0 atom stereocenters. The van der Waals surface area contributed by atoms with Gasteiger partial charge in [0, 0.05) is 46.0 Å². The Morgan fingerprint density at radius 1 is 1.04 bits per heavy atom. The van der Waals surface area contributed by atoms with E-state index < -0.39 is 0 Å². The van der Waals surface area contributed by atoms with Gasteiger partial charge in [0.05, 0.1) is 7.11 Å². The average molecular weight is 343 g/mol. The third kappa shape index (κ3) is 4.33. The highest BCUT2D eigenvalue weighted by Gasteiger charge is 2.23. The fourth-order valence-corrected chi connectivity index (χ4v) is 2.98. The van der Waals surface area contributed by atoms with Crippen LogP contribution >= 0.6 is 0 Å². The molecule has 0 N–H and O–H groups in total. The molecule has 0 radical (unpaired) electrons. The lowest BCUT2D eigenvalue weighted by Gasteiger charge is -2.34. The van der Waals surface area contributed by atoms with E-state index in [1.54, 1.807) is 7.11 Å². The number of hydrogen-bond acceptors (Lipinski definition) is 4. The summed E-state index contributed by atoms with van der Waals surface area (Å²) in [4.78, 5) is 16.7. The van der Waals surface area contributed by atoms with Crippen molar-refractivity contribution in [3.05, 3.63) is 48.3 Å². The van der Waals surface area contributed by atoms with Crippen LogP contribution in [0.25, 0.3) is 0 Å². The summed E-state index contributed by atoms with van der Waals surface area (Å²) in [5, 5.41) is 0. The molecule has 1 amide bonds. The smallest absolute Gasteiger partial charge is 0.270 e. The highest BCUT2D eigenvalue weighted by atomic mass is 16.5. The number of piperazine rings is 1. The standard InChI is InChI=1S/C19H25N3O3/c1-20-9-3-4-18(20)19(23)22-12-10-21(11-13-22)14-15-25-17-7-5-16(24-2)6-8-17/h3-9H,10-15H2,1-2H3. The molecule has 2 aromatic rings. The Morgan fingerprint density at radius 2 is 1.72 bits per heavy atom. The quantitative estimate of drug-likeness (QED) is 0.803. The van der Waals surface area contributed by atoms with Crippen molar-refractivity contribution < 1.29 is 14.3 Å². The van der Waals surface area contributed by atoms with Crippen molar-refractivity contribution in [2.24, 2.45) is 7.05 Å². The molecule has 6 heteroatoms. The molecule has 0 spiro atoms. The molecule has 3 rings (SSSR count). The highest BCUT2D eigenvalue weighted by molar-refractivity contribution is 5.92. The van der Waals surface area contributed by atoms with Gasteiger partial charge in [-0.25, -0.2) is 0 Å². The minimum Gasteiger partial charge on any atom is -0.497 e. The van der Waals surface area contributed by atoms with Crippen LogP contribution in [0, 0.1) is 0 Å². The molecule has 1 aliphatic rings. The second-order valence-corrected chi connectivity index (χ2v) is 6.16. The number of amides is 1. The van der Waals surface area contributed by atoms with E-state index >= 15 is 0 Å². The number of carbonyl (C=O) groups is 1. The van der Waals surface area contributed by atoms with E-state index in [1.165, 1.54) is 0 Å². The third-order valence-corrected chi connectivity index (χ3v) is 4.56. The van der Waals surface area contributed by atoms with Crippen molar-refractivity contribution in [2.75, 3.05) is 46.4 Å². The lowest BCUT2D eigenvalue weighted by Crippen LogP contribution is -2.49. The van der Waals surface area contributed by atoms with Gasteiger partial charge in [-0.2, -0.15) is 0 Å². The minimum atomic E-state index is 0.113. The number of rotatable bonds is 6. The Kier molecular flexibility index (Phi) is 5.60. The van der Waals surface area contributed by atoms with Crippen LogP contribution in [0.1, 0.15) is 10.5 Å². The Hall–Kier alpha value is -2.47. The first-order valence-corrected chi connectivity index (χ1v) is 8.57. The molecule has 0 aliphatic carbocycles. The molecule has 1 fully saturated rings. The summed E-state index contributed by atoms with van der Waals surface area (Å²) in [6, 6.07) is 11.4. The molecule has 1 saturated heterocycles. The van der Waals surface area contributed by atoms with E-state index in [0.717, 1.165) is 49.9 Å². The van der Waals surface area contributed by atoms with E-state index in [0.29, 0.717) is 6.61 Å². The minimum absolute atomic E-state index is 0.113. The number of nitrogens with zero attached hydrogens (tertiary/aromatic N) is 3. The van der Waals surface area contributed by atoms with E-state index in [1.807, 2.05) is 59.1 Å². The van der Waals surface area contributed by atoms with Gasteiger partial charge < -0.3 is 18.9 Å². The normalized spacial score (nSPS) is 15.2. The topological polar surface area (TPSA) is 46.9 Å². The zero-order chi connectivity index (χ0) is 17.6. The van der Waals surface area contributed by atoms with Gasteiger partial charge in [0.25, 0.3) is 5.91 Å². The summed E-state index contributed by atoms with van der Waals surface area (Å²) in [7, 11) is 3.55. The number of aryl methyl sites for hydroxylation is 1. The van der Waals surface area contributed by atoms with Crippen molar-refractivity contribution in [3.8, 4) is 11.5 Å². The number of carbonyl (C=O) groups excluding carboxylic acids is 1. The number of aromatic nitrogens is 1. The second-order valence-electron chi connectivity index (χ2n) is 6.16. The van der Waals surface area contributed by atoms with Gasteiger partial charge in [-0.1, -0.05) is 0 Å². The summed E-state index contributed by atoms with van der Waals surface area (Å²) in [6.07, 6.45) is 1.90. The SMILES string of the molecule is COc1ccc(OCCN2CCN(C(=O)c3cccn3C)CC2)cc1. The Morgan fingerprint density at radius 3 is 2.32 bits per heavy atom. The first-order chi connectivity index (χ1) is 12.2. The van der Waals surface area contributed by atoms with Gasteiger partial charge in [-0.15, -0.1) is 0 Å². The first kappa shape index (κ1) is 17.4. The van der Waals surface area contributed by atoms with Gasteiger partial charge in [0.2, 0.25) is 0 Å². The van der Waals surface area contributed by atoms with Crippen molar-refractivity contribution in [3.63, 3.8) is 0 Å². The van der Waals surface area contributed by atoms with Crippen LogP contribution in [0.15, 0.2) is 42.6 Å². The molecule has 134 valence electrons. The van der Waals surface area contributed by atoms with E-state index in [-0.39, 0.29) is 5.91 Å². The molecule has 6 nitrogen and oxygen atoms in total. The number of ether oxygens (including phenoxy) is 2. The van der Waals surface area contributed by atoms with Gasteiger partial charge in [-0.3, -0.25) is 9.69 Å². The molecule has 0 saturated carbocycles. The number of benzene rings is 1. The van der Waals surface area contributed by atoms with Crippen LogP contribution in [-0.4, -0.2) is 66.7 Å². The molecule has 1 aromatic heterocycles. The van der Waals surface area contributed by atoms with Gasteiger partial charge in [-0.05, 0) is 36.4 Å². The summed E-state index contributed by atoms with van der Waals surface area (Å²) in [5.41, 5.74) is 0.747. The van der Waals surface area contributed by atoms with E-state index in [4.69, 9.17) is 9.47 Å². The van der Waals surface area contributed by atoms with Crippen LogP contribution < -0.4 is 9.47 Å². The van der Waals surface area contributed by atoms with Crippen LogP contribution in [0.3, 0.4) is 0 Å². The third-order valence-electron chi connectivity index (χ3n) is 4.56. The average Bonchev–Trinajstić information content (AvgIpc) is 3.08. The lowest BCUT2D eigenvalue weighted by atomic mass is 10.2. The zero-order valence-electron chi connectivity index (χ0n) is 14.9. The Labute approximate surface area is 148 Å². The van der Waals surface area contributed by atoms with E-state index in [9.17, 15) is 4.79 Å². The van der Waals surface area contributed by atoms with Crippen LogP contribution in [-0.2, 0) is 7.05 Å². The summed E-state index contributed by atoms with van der Waals surface area (Å²) in [5.74, 6) is 1.78. The Balaban J connectivity index is 1.40. The predicted octanol–water partition coefficient (Wildman–Crippen LogP) is 1.87. The maximum atomic E-state index is 12.5. The number of hydrogen-bond donors (Lipinski definition) is 0. The van der Waals surface area contributed by atoms with Gasteiger partial charge in [0.15, 0.2) is 0 Å². The van der Waals surface area contributed by atoms with Crippen molar-refractivity contribution in [2.45, 2.75) is 0 Å². The predicted molar refractivity (Wildman–Crippen MR) is 96.2 cm³/mol. The molecule has 1 aromatic carbocycles. The van der Waals surface area contributed by atoms with Crippen molar-refractivity contribution >= 4 is 5.91 Å². The molecule has 0 bridgehead atoms. The largest absolute Gasteiger partial charge is 0.497 e. The molecule has 1 aliphatic heterocycles. The monoisotopic (exact) mass is 343 g/mol. The summed E-state index contributed by atoms with van der Waals surface area (Å²) in [6.45, 7) is 4.76. The fraction of sp³-hybridized carbons (Fsp3) is 0.421. The van der Waals surface area contributed by atoms with Crippen LogP contribution in [0.5, 0.6) is 11.5 Å². The first-order valence-electron chi connectivity index (χ1n) is 8.57. The Bertz CT molecular complexity index is 688. The van der Waals surface area contributed by atoms with Gasteiger partial charge in [0.1, 0.15) is 23.8 Å². The number of methoxy groups -OCH3 is 1. The maximum absolute atomic E-state index is 12.5. The van der Waals surface area contributed by atoms with Crippen molar-refractivity contribution in [1.82, 2.24) is 14.4 Å². The summed E-state index contributed by atoms with van der Waals surface area (Å²) < 4.78 is 12.8. The molecular weight excluding hydrogens is 318 g/mol. The highest BCUT2D eigenvalue weighted by Crippen LogP contribution is 2.17. The zero-order valence-corrected chi connectivity index (χ0v) is 14.9. The molecule has 25 heavy (non-hydrogen) atoms. The van der Waals surface area contributed by atoms with Gasteiger partial charge >= 0.3 is 0 Å². The van der Waals surface area contributed by atoms with Crippen LogP contribution in [0.2, 0.25) is 0 Å². The molecule has 2 heterocycles. The molecule has 0 unspecified atom stereocenters. The lowest BCUT2D eigenvalue weighted by molar-refractivity contribution is 0.0611. The van der Waals surface area contributed by atoms with Crippen LogP contribution in [0.4, 0.5) is 0 Å². The van der Waals surface area contributed by atoms with E-state index in [2.05, 4.69) is 4.90 Å². The second kappa shape index (κ2) is 8.07. The van der Waals surface area contributed by atoms with Crippen molar-refractivity contribution in [1.29, 1.82) is 0 Å². The molecular formula is C19H25N3O3.